The van der Waals surface area contributed by atoms with Crippen LogP contribution in [0, 0.1) is 18.3 Å². The fourth-order valence-electron chi connectivity index (χ4n) is 4.73. The van der Waals surface area contributed by atoms with Crippen molar-refractivity contribution in [2.45, 2.75) is 72.8 Å². The number of aryl methyl sites for hydroxylation is 1. The Morgan fingerprint density at radius 2 is 1.88 bits per heavy atom. The summed E-state index contributed by atoms with van der Waals surface area (Å²) in [4.78, 5) is 17.6. The normalized spacial score (nSPS) is 14.9. The molecular weight excluding hydrogens is 398 g/mol. The molecule has 1 aromatic carbocycles. The number of rotatable bonds is 6. The van der Waals surface area contributed by atoms with Gasteiger partial charge in [-0.25, -0.2) is 4.98 Å². The van der Waals surface area contributed by atoms with Crippen molar-refractivity contribution in [3.63, 3.8) is 0 Å². The zero-order valence-electron chi connectivity index (χ0n) is 20.2. The van der Waals surface area contributed by atoms with E-state index in [1.54, 1.807) is 0 Å². The molecule has 0 radical (unpaired) electrons. The number of carbonyl (C=O) groups is 1. The van der Waals surface area contributed by atoms with Crippen LogP contribution in [-0.2, 0) is 4.79 Å². The van der Waals surface area contributed by atoms with Gasteiger partial charge in [0.25, 0.3) is 0 Å². The van der Waals surface area contributed by atoms with Gasteiger partial charge in [0.05, 0.1) is 5.92 Å². The largest absolute Gasteiger partial charge is 0.426 e. The van der Waals surface area contributed by atoms with Crippen molar-refractivity contribution in [2.75, 3.05) is 5.32 Å². The molecular formula is C27H35N3O2. The minimum Gasteiger partial charge on any atom is -0.426 e. The predicted octanol–water partition coefficient (Wildman–Crippen LogP) is 6.64. The van der Waals surface area contributed by atoms with E-state index in [4.69, 9.17) is 9.72 Å². The third-order valence-electron chi connectivity index (χ3n) is 6.00. The minimum absolute atomic E-state index is 0.0232. The van der Waals surface area contributed by atoms with E-state index in [1.807, 2.05) is 24.3 Å². The van der Waals surface area contributed by atoms with Crippen LogP contribution in [-0.4, -0.2) is 20.9 Å². The molecule has 32 heavy (non-hydrogen) atoms. The van der Waals surface area contributed by atoms with Gasteiger partial charge in [0, 0.05) is 17.3 Å². The van der Waals surface area contributed by atoms with E-state index in [0.717, 1.165) is 54.0 Å². The number of hydrogen-bond acceptors (Lipinski definition) is 4. The van der Waals surface area contributed by atoms with E-state index in [1.165, 1.54) is 0 Å². The number of fused-ring (bicyclic) bond motifs is 1. The van der Waals surface area contributed by atoms with Crippen LogP contribution in [0.2, 0.25) is 0 Å². The number of anilines is 1. The molecule has 0 unspecified atom stereocenters. The Balaban J connectivity index is 1.79. The SMILES string of the molecule is Cc1ccn2c(NC(C)(C)CC(C)(C)C)c(-c3ccccc3OC(=O)C3CCC3)nc2c1. The molecule has 0 saturated heterocycles. The highest BCUT2D eigenvalue weighted by Gasteiger charge is 2.30. The first kappa shape index (κ1) is 22.4. The first-order valence-corrected chi connectivity index (χ1v) is 11.6. The van der Waals surface area contributed by atoms with Crippen LogP contribution >= 0.6 is 0 Å². The summed E-state index contributed by atoms with van der Waals surface area (Å²) in [6, 6.07) is 11.9. The smallest absolute Gasteiger partial charge is 0.314 e. The number of para-hydroxylation sites is 1. The number of imidazole rings is 1. The van der Waals surface area contributed by atoms with E-state index < -0.39 is 0 Å². The average molecular weight is 434 g/mol. The highest BCUT2D eigenvalue weighted by molar-refractivity contribution is 5.84. The summed E-state index contributed by atoms with van der Waals surface area (Å²) in [6.45, 7) is 13.3. The van der Waals surface area contributed by atoms with E-state index >= 15 is 0 Å². The Labute approximate surface area is 191 Å². The lowest BCUT2D eigenvalue weighted by Gasteiger charge is -2.34. The van der Waals surface area contributed by atoms with Gasteiger partial charge in [-0.1, -0.05) is 39.3 Å². The van der Waals surface area contributed by atoms with Gasteiger partial charge in [-0.15, -0.1) is 0 Å². The molecule has 1 saturated carbocycles. The number of esters is 1. The van der Waals surface area contributed by atoms with E-state index in [9.17, 15) is 4.79 Å². The Hall–Kier alpha value is -2.82. The molecule has 0 bridgehead atoms. The molecule has 4 rings (SSSR count). The number of carbonyl (C=O) groups excluding carboxylic acids is 1. The Bertz CT molecular complexity index is 1130. The molecule has 2 aromatic heterocycles. The van der Waals surface area contributed by atoms with E-state index in [-0.39, 0.29) is 22.8 Å². The maximum absolute atomic E-state index is 12.6. The maximum atomic E-state index is 12.6. The molecule has 1 aliphatic rings. The topological polar surface area (TPSA) is 55.6 Å². The Kier molecular flexibility index (Phi) is 5.78. The van der Waals surface area contributed by atoms with Crippen LogP contribution < -0.4 is 10.1 Å². The van der Waals surface area contributed by atoms with Gasteiger partial charge >= 0.3 is 5.97 Å². The number of pyridine rings is 1. The quantitative estimate of drug-likeness (QED) is 0.350. The van der Waals surface area contributed by atoms with Crippen LogP contribution in [0.4, 0.5) is 5.82 Å². The van der Waals surface area contributed by atoms with Gasteiger partial charge in [-0.3, -0.25) is 9.20 Å². The van der Waals surface area contributed by atoms with Crippen molar-refractivity contribution in [3.05, 3.63) is 48.2 Å². The minimum atomic E-state index is -0.161. The van der Waals surface area contributed by atoms with Crippen molar-refractivity contribution in [1.29, 1.82) is 0 Å². The third-order valence-corrected chi connectivity index (χ3v) is 6.00. The van der Waals surface area contributed by atoms with Crippen molar-refractivity contribution in [2.24, 2.45) is 11.3 Å². The monoisotopic (exact) mass is 433 g/mol. The van der Waals surface area contributed by atoms with Gasteiger partial charge < -0.3 is 10.1 Å². The molecule has 3 aromatic rings. The second kappa shape index (κ2) is 8.27. The fraction of sp³-hybridized carbons (Fsp3) is 0.481. The van der Waals surface area contributed by atoms with Crippen LogP contribution in [0.3, 0.4) is 0 Å². The second-order valence-corrected chi connectivity index (χ2v) is 11.0. The lowest BCUT2D eigenvalue weighted by Crippen LogP contribution is -2.36. The van der Waals surface area contributed by atoms with Gasteiger partial charge in [-0.05, 0) is 75.3 Å². The van der Waals surface area contributed by atoms with Crippen molar-refractivity contribution in [3.8, 4) is 17.0 Å². The van der Waals surface area contributed by atoms with Crippen LogP contribution in [0.1, 0.15) is 65.9 Å². The number of nitrogens with zero attached hydrogens (tertiary/aromatic N) is 2. The molecule has 0 amide bonds. The zero-order chi connectivity index (χ0) is 23.1. The molecule has 0 spiro atoms. The zero-order valence-corrected chi connectivity index (χ0v) is 20.2. The molecule has 0 aliphatic heterocycles. The molecule has 1 N–H and O–H groups in total. The lowest BCUT2D eigenvalue weighted by molar-refractivity contribution is -0.141. The first-order valence-electron chi connectivity index (χ1n) is 11.6. The van der Waals surface area contributed by atoms with Crippen molar-refractivity contribution < 1.29 is 9.53 Å². The van der Waals surface area contributed by atoms with Gasteiger partial charge in [0.1, 0.15) is 22.9 Å². The van der Waals surface area contributed by atoms with Crippen molar-refractivity contribution >= 4 is 17.4 Å². The number of aromatic nitrogens is 2. The summed E-state index contributed by atoms with van der Waals surface area (Å²) < 4.78 is 7.97. The summed E-state index contributed by atoms with van der Waals surface area (Å²) >= 11 is 0. The van der Waals surface area contributed by atoms with Gasteiger partial charge in [-0.2, -0.15) is 0 Å². The summed E-state index contributed by atoms with van der Waals surface area (Å²) in [5.41, 5.74) is 3.66. The van der Waals surface area contributed by atoms with E-state index in [2.05, 4.69) is 69.6 Å². The lowest BCUT2D eigenvalue weighted by atomic mass is 9.82. The number of hydrogen-bond donors (Lipinski definition) is 1. The van der Waals surface area contributed by atoms with Crippen molar-refractivity contribution in [1.82, 2.24) is 9.38 Å². The first-order chi connectivity index (χ1) is 15.0. The molecule has 170 valence electrons. The summed E-state index contributed by atoms with van der Waals surface area (Å²) in [6.07, 6.45) is 5.98. The summed E-state index contributed by atoms with van der Waals surface area (Å²) in [5.74, 6) is 1.38. The molecule has 5 nitrogen and oxygen atoms in total. The predicted molar refractivity (Wildman–Crippen MR) is 130 cm³/mol. The highest BCUT2D eigenvalue weighted by Crippen LogP contribution is 2.39. The number of nitrogens with one attached hydrogen (secondary N) is 1. The number of ether oxygens (including phenoxy) is 1. The highest BCUT2D eigenvalue weighted by atomic mass is 16.5. The van der Waals surface area contributed by atoms with Crippen LogP contribution in [0.5, 0.6) is 5.75 Å². The second-order valence-electron chi connectivity index (χ2n) is 11.0. The fourth-order valence-corrected chi connectivity index (χ4v) is 4.73. The Morgan fingerprint density at radius 3 is 2.53 bits per heavy atom. The van der Waals surface area contributed by atoms with Gasteiger partial charge in [0.15, 0.2) is 0 Å². The molecule has 1 fully saturated rings. The van der Waals surface area contributed by atoms with Crippen LogP contribution in [0.15, 0.2) is 42.6 Å². The van der Waals surface area contributed by atoms with E-state index in [0.29, 0.717) is 5.75 Å². The van der Waals surface area contributed by atoms with Gasteiger partial charge in [0.2, 0.25) is 0 Å². The summed E-state index contributed by atoms with van der Waals surface area (Å²) in [5, 5.41) is 3.77. The molecule has 1 aliphatic carbocycles. The standard InChI is InChI=1S/C27H35N3O2/c1-18-14-15-30-22(16-18)28-23(24(30)29-27(5,6)17-26(2,3)4)20-12-7-8-13-21(20)32-25(31)19-10-9-11-19/h7-8,12-16,19,29H,9-11,17H2,1-6H3. The maximum Gasteiger partial charge on any atom is 0.314 e. The molecule has 5 heteroatoms. The average Bonchev–Trinajstić information content (AvgIpc) is 2.95. The van der Waals surface area contributed by atoms with Crippen LogP contribution in [0.25, 0.3) is 16.9 Å². The number of benzene rings is 1. The summed E-state index contributed by atoms with van der Waals surface area (Å²) in [7, 11) is 0. The molecule has 2 heterocycles. The Morgan fingerprint density at radius 1 is 1.16 bits per heavy atom. The third kappa shape index (κ3) is 4.82. The molecule has 0 atom stereocenters.